The van der Waals surface area contributed by atoms with Crippen molar-refractivity contribution in [3.05, 3.63) is 30.7 Å². The van der Waals surface area contributed by atoms with E-state index in [4.69, 9.17) is 14.7 Å². The first-order valence-corrected chi connectivity index (χ1v) is 9.19. The van der Waals surface area contributed by atoms with Crippen LogP contribution in [0.25, 0.3) is 22.4 Å². The van der Waals surface area contributed by atoms with Crippen LogP contribution in [0.15, 0.2) is 30.7 Å². The van der Waals surface area contributed by atoms with E-state index < -0.39 is 0 Å². The number of anilines is 1. The zero-order valence-corrected chi connectivity index (χ0v) is 16.0. The van der Waals surface area contributed by atoms with Crippen LogP contribution in [0.5, 0.6) is 0 Å². The molecule has 142 valence electrons. The molecule has 8 nitrogen and oxygen atoms in total. The third-order valence-electron chi connectivity index (χ3n) is 4.77. The van der Waals surface area contributed by atoms with Crippen LogP contribution in [0.2, 0.25) is 0 Å². The lowest BCUT2D eigenvalue weighted by atomic mass is 10.1. The van der Waals surface area contributed by atoms with Crippen molar-refractivity contribution < 1.29 is 4.74 Å². The molecule has 4 heterocycles. The van der Waals surface area contributed by atoms with Gasteiger partial charge in [-0.1, -0.05) is 0 Å². The van der Waals surface area contributed by atoms with Crippen LogP contribution in [0.1, 0.15) is 0 Å². The summed E-state index contributed by atoms with van der Waals surface area (Å²) < 4.78 is 7.65. The topological polar surface area (TPSA) is 72.2 Å². The number of hydrogen-bond acceptors (Lipinski definition) is 7. The van der Waals surface area contributed by atoms with Crippen molar-refractivity contribution in [1.29, 1.82) is 0 Å². The molecule has 1 aliphatic heterocycles. The first kappa shape index (κ1) is 17.8. The number of fused-ring (bicyclic) bond motifs is 1. The molecule has 0 N–H and O–H groups in total. The first-order valence-electron chi connectivity index (χ1n) is 9.19. The van der Waals surface area contributed by atoms with E-state index in [1.807, 2.05) is 25.4 Å². The minimum absolute atomic E-state index is 0.425. The number of aryl methyl sites for hydroxylation is 1. The number of ether oxygens (including phenoxy) is 1. The Labute approximate surface area is 158 Å². The summed E-state index contributed by atoms with van der Waals surface area (Å²) in [6, 6.07) is 3.86. The van der Waals surface area contributed by atoms with Crippen molar-refractivity contribution in [3.63, 3.8) is 0 Å². The van der Waals surface area contributed by atoms with Crippen molar-refractivity contribution >= 4 is 16.9 Å². The van der Waals surface area contributed by atoms with Gasteiger partial charge in [0.25, 0.3) is 0 Å². The molecule has 0 bridgehead atoms. The van der Waals surface area contributed by atoms with Gasteiger partial charge >= 0.3 is 0 Å². The highest BCUT2D eigenvalue weighted by atomic mass is 16.5. The summed E-state index contributed by atoms with van der Waals surface area (Å²) in [4.78, 5) is 18.3. The molecule has 0 spiro atoms. The number of aromatic nitrogens is 5. The number of nitrogens with zero attached hydrogens (tertiary/aromatic N) is 7. The van der Waals surface area contributed by atoms with Gasteiger partial charge in [0.15, 0.2) is 11.5 Å². The summed E-state index contributed by atoms with van der Waals surface area (Å²) in [5, 5.41) is 5.39. The molecule has 8 heteroatoms. The Morgan fingerprint density at radius 1 is 1.22 bits per heavy atom. The van der Waals surface area contributed by atoms with Crippen LogP contribution in [0.3, 0.4) is 0 Å². The molecule has 3 aromatic heterocycles. The van der Waals surface area contributed by atoms with Gasteiger partial charge in [-0.25, -0.2) is 9.97 Å². The highest BCUT2D eigenvalue weighted by Gasteiger charge is 2.24. The normalized spacial score (nSPS) is 18.2. The molecule has 1 saturated heterocycles. The summed E-state index contributed by atoms with van der Waals surface area (Å²) in [7, 11) is 6.11. The van der Waals surface area contributed by atoms with Crippen molar-refractivity contribution in [3.8, 4) is 11.4 Å². The van der Waals surface area contributed by atoms with Crippen molar-refractivity contribution in [2.24, 2.45) is 13.0 Å². The standard InChI is InChI=1S/C19H25N7O/c1-24(2)11-14-12-26(8-9-27-13-14)19-16-10-21-25(3)18(16)22-17(23-19)15-4-6-20-7-5-15/h4-7,10,14H,8-9,11-13H2,1-3H3/t14-/m1/s1. The van der Waals surface area contributed by atoms with Crippen LogP contribution in [0.4, 0.5) is 5.82 Å². The van der Waals surface area contributed by atoms with Gasteiger partial charge < -0.3 is 14.5 Å². The third-order valence-corrected chi connectivity index (χ3v) is 4.77. The maximum atomic E-state index is 5.85. The van der Waals surface area contributed by atoms with E-state index in [0.29, 0.717) is 18.3 Å². The van der Waals surface area contributed by atoms with E-state index in [9.17, 15) is 0 Å². The Kier molecular flexibility index (Phi) is 5.00. The molecular formula is C19H25N7O. The quantitative estimate of drug-likeness (QED) is 0.691. The van der Waals surface area contributed by atoms with Gasteiger partial charge in [-0.15, -0.1) is 0 Å². The molecule has 4 rings (SSSR count). The first-order chi connectivity index (χ1) is 13.1. The number of pyridine rings is 1. The fourth-order valence-electron chi connectivity index (χ4n) is 3.58. The molecule has 3 aromatic rings. The van der Waals surface area contributed by atoms with E-state index >= 15 is 0 Å². The second kappa shape index (κ2) is 7.58. The van der Waals surface area contributed by atoms with E-state index in [2.05, 4.69) is 34.0 Å². The monoisotopic (exact) mass is 367 g/mol. The summed E-state index contributed by atoms with van der Waals surface area (Å²) >= 11 is 0. The average molecular weight is 367 g/mol. The summed E-state index contributed by atoms with van der Waals surface area (Å²) in [6.45, 7) is 4.15. The number of rotatable bonds is 4. The summed E-state index contributed by atoms with van der Waals surface area (Å²) in [5.41, 5.74) is 1.78. The maximum absolute atomic E-state index is 5.85. The fraction of sp³-hybridized carbons (Fsp3) is 0.474. The molecule has 1 atom stereocenters. The molecule has 0 saturated carbocycles. The Morgan fingerprint density at radius 2 is 2.04 bits per heavy atom. The van der Waals surface area contributed by atoms with Crippen molar-refractivity contribution in [2.45, 2.75) is 0 Å². The Morgan fingerprint density at radius 3 is 2.81 bits per heavy atom. The molecule has 0 aromatic carbocycles. The van der Waals surface area contributed by atoms with Gasteiger partial charge in [-0.3, -0.25) is 9.67 Å². The smallest absolute Gasteiger partial charge is 0.164 e. The van der Waals surface area contributed by atoms with E-state index in [1.54, 1.807) is 17.1 Å². The highest BCUT2D eigenvalue weighted by Crippen LogP contribution is 2.28. The second-order valence-electron chi connectivity index (χ2n) is 7.26. The lowest BCUT2D eigenvalue weighted by molar-refractivity contribution is 0.113. The predicted molar refractivity (Wildman–Crippen MR) is 105 cm³/mol. The van der Waals surface area contributed by atoms with Gasteiger partial charge in [-0.05, 0) is 26.2 Å². The summed E-state index contributed by atoms with van der Waals surface area (Å²) in [6.07, 6.45) is 5.38. The Bertz CT molecular complexity index is 909. The molecule has 0 aliphatic carbocycles. The van der Waals surface area contributed by atoms with Crippen LogP contribution < -0.4 is 4.90 Å². The molecule has 0 unspecified atom stereocenters. The minimum Gasteiger partial charge on any atom is -0.379 e. The van der Waals surface area contributed by atoms with Crippen molar-refractivity contribution in [2.75, 3.05) is 51.8 Å². The molecule has 1 aliphatic rings. The second-order valence-corrected chi connectivity index (χ2v) is 7.26. The van der Waals surface area contributed by atoms with Gasteiger partial charge in [0, 0.05) is 50.6 Å². The fourth-order valence-corrected chi connectivity index (χ4v) is 3.58. The minimum atomic E-state index is 0.425. The molecule has 0 radical (unpaired) electrons. The highest BCUT2D eigenvalue weighted by molar-refractivity contribution is 5.88. The Hall–Kier alpha value is -2.58. The molecule has 0 amide bonds. The van der Waals surface area contributed by atoms with Gasteiger partial charge in [-0.2, -0.15) is 5.10 Å². The van der Waals surface area contributed by atoms with Crippen LogP contribution in [-0.2, 0) is 11.8 Å². The molecule has 1 fully saturated rings. The zero-order valence-electron chi connectivity index (χ0n) is 16.0. The van der Waals surface area contributed by atoms with Crippen molar-refractivity contribution in [1.82, 2.24) is 29.6 Å². The largest absolute Gasteiger partial charge is 0.379 e. The van der Waals surface area contributed by atoms with Gasteiger partial charge in [0.05, 0.1) is 24.8 Å². The van der Waals surface area contributed by atoms with E-state index in [0.717, 1.165) is 48.7 Å². The SMILES string of the molecule is CN(C)C[C@H]1COCCN(c2nc(-c3ccncc3)nc3c2cnn3C)C1. The van der Waals surface area contributed by atoms with E-state index in [-0.39, 0.29) is 0 Å². The maximum Gasteiger partial charge on any atom is 0.164 e. The van der Waals surface area contributed by atoms with Gasteiger partial charge in [0.2, 0.25) is 0 Å². The Balaban J connectivity index is 1.77. The van der Waals surface area contributed by atoms with Crippen LogP contribution in [0, 0.1) is 5.92 Å². The number of hydrogen-bond donors (Lipinski definition) is 0. The van der Waals surface area contributed by atoms with E-state index in [1.165, 1.54) is 0 Å². The molecular weight excluding hydrogens is 342 g/mol. The zero-order chi connectivity index (χ0) is 18.8. The predicted octanol–water partition coefficient (Wildman–Crippen LogP) is 1.44. The van der Waals surface area contributed by atoms with Gasteiger partial charge in [0.1, 0.15) is 5.82 Å². The molecule has 27 heavy (non-hydrogen) atoms. The van der Waals surface area contributed by atoms with Crippen LogP contribution >= 0.6 is 0 Å². The third kappa shape index (κ3) is 3.77. The lowest BCUT2D eigenvalue weighted by Gasteiger charge is -2.26. The lowest BCUT2D eigenvalue weighted by Crippen LogP contribution is -2.35. The van der Waals surface area contributed by atoms with Crippen LogP contribution in [-0.4, -0.2) is 76.6 Å². The summed E-state index contributed by atoms with van der Waals surface area (Å²) in [5.74, 6) is 2.04. The average Bonchev–Trinajstić information content (AvgIpc) is 2.89.